The zero-order chi connectivity index (χ0) is 18.6. The Morgan fingerprint density at radius 2 is 2.00 bits per heavy atom. The zero-order valence-electron chi connectivity index (χ0n) is 15.1. The third kappa shape index (κ3) is 5.92. The first-order chi connectivity index (χ1) is 11.7. The maximum absolute atomic E-state index is 12.4. The zero-order valence-corrected chi connectivity index (χ0v) is 16.7. The second-order valence-corrected chi connectivity index (χ2v) is 8.02. The summed E-state index contributed by atoms with van der Waals surface area (Å²) in [6, 6.07) is 7.29. The van der Waals surface area contributed by atoms with Crippen LogP contribution >= 0.6 is 15.9 Å². The summed E-state index contributed by atoms with van der Waals surface area (Å²) in [6.07, 6.45) is -0.336. The molecule has 25 heavy (non-hydrogen) atoms. The molecular weight excluding hydrogens is 388 g/mol. The fraction of sp³-hybridized carbons (Fsp3) is 0.556. The topological polar surface area (TPSA) is 59.1 Å². The van der Waals surface area contributed by atoms with Crippen LogP contribution < -0.4 is 4.74 Å². The molecule has 0 bridgehead atoms. The highest BCUT2D eigenvalue weighted by Crippen LogP contribution is 2.19. The standard InChI is InChI=1S/C18H25BrN2O4/c1-13-11-20(17(23)25-18(2,3)4)8-9-21(13)16(22)12-24-15-7-5-6-14(19)10-15/h5-7,10,13H,8-9,11-12H2,1-4H3/t13-/m1/s1. The number of amides is 2. The number of carbonyl (C=O) groups excluding carboxylic acids is 2. The molecular formula is C18H25BrN2O4. The van der Waals surface area contributed by atoms with Crippen LogP contribution in [0.5, 0.6) is 5.75 Å². The van der Waals surface area contributed by atoms with Crippen molar-refractivity contribution in [3.63, 3.8) is 0 Å². The molecule has 0 aliphatic carbocycles. The number of ether oxygens (including phenoxy) is 2. The third-order valence-corrected chi connectivity index (χ3v) is 4.25. The molecule has 2 amide bonds. The Kier molecular flexibility index (Phi) is 6.32. The van der Waals surface area contributed by atoms with Gasteiger partial charge in [0.1, 0.15) is 11.4 Å². The fourth-order valence-corrected chi connectivity index (χ4v) is 2.98. The Morgan fingerprint density at radius 1 is 1.28 bits per heavy atom. The summed E-state index contributed by atoms with van der Waals surface area (Å²) < 4.78 is 11.9. The largest absolute Gasteiger partial charge is 0.484 e. The van der Waals surface area contributed by atoms with Crippen LogP contribution in [-0.4, -0.2) is 59.7 Å². The average Bonchev–Trinajstić information content (AvgIpc) is 2.51. The van der Waals surface area contributed by atoms with E-state index in [1.54, 1.807) is 9.80 Å². The Hall–Kier alpha value is -1.76. The van der Waals surface area contributed by atoms with Gasteiger partial charge in [0.05, 0.1) is 0 Å². The molecule has 1 aliphatic heterocycles. The molecule has 0 aromatic heterocycles. The molecule has 1 fully saturated rings. The first-order valence-corrected chi connectivity index (χ1v) is 9.11. The molecule has 0 radical (unpaired) electrons. The van der Waals surface area contributed by atoms with Crippen molar-refractivity contribution in [1.29, 1.82) is 0 Å². The van der Waals surface area contributed by atoms with Crippen LogP contribution in [0.15, 0.2) is 28.7 Å². The molecule has 1 saturated heterocycles. The normalized spacial score (nSPS) is 18.0. The van der Waals surface area contributed by atoms with Gasteiger partial charge in [-0.3, -0.25) is 4.79 Å². The van der Waals surface area contributed by atoms with E-state index in [4.69, 9.17) is 9.47 Å². The Morgan fingerprint density at radius 3 is 2.60 bits per heavy atom. The van der Waals surface area contributed by atoms with E-state index < -0.39 is 5.60 Å². The summed E-state index contributed by atoms with van der Waals surface area (Å²) in [5.74, 6) is 0.555. The van der Waals surface area contributed by atoms with Gasteiger partial charge in [0.25, 0.3) is 5.91 Å². The summed E-state index contributed by atoms with van der Waals surface area (Å²) >= 11 is 3.37. The molecule has 1 aromatic carbocycles. The van der Waals surface area contributed by atoms with Crippen molar-refractivity contribution in [2.24, 2.45) is 0 Å². The van der Waals surface area contributed by atoms with Crippen molar-refractivity contribution in [3.05, 3.63) is 28.7 Å². The number of rotatable bonds is 3. The van der Waals surface area contributed by atoms with Gasteiger partial charge in [-0.25, -0.2) is 4.79 Å². The summed E-state index contributed by atoms with van der Waals surface area (Å²) in [6.45, 7) is 8.81. The van der Waals surface area contributed by atoms with E-state index in [2.05, 4.69) is 15.9 Å². The lowest BCUT2D eigenvalue weighted by atomic mass is 10.2. The van der Waals surface area contributed by atoms with Crippen molar-refractivity contribution in [1.82, 2.24) is 9.80 Å². The van der Waals surface area contributed by atoms with Crippen molar-refractivity contribution in [2.75, 3.05) is 26.2 Å². The molecule has 7 heteroatoms. The number of benzene rings is 1. The van der Waals surface area contributed by atoms with Gasteiger partial charge in [-0.2, -0.15) is 0 Å². The minimum atomic E-state index is -0.523. The molecule has 0 saturated carbocycles. The monoisotopic (exact) mass is 412 g/mol. The second kappa shape index (κ2) is 8.08. The van der Waals surface area contributed by atoms with Crippen LogP contribution in [0.2, 0.25) is 0 Å². The van der Waals surface area contributed by atoms with E-state index in [-0.39, 0.29) is 24.6 Å². The summed E-state index contributed by atoms with van der Waals surface area (Å²) in [7, 11) is 0. The maximum atomic E-state index is 12.4. The number of halogens is 1. The first kappa shape index (κ1) is 19.6. The predicted molar refractivity (Wildman–Crippen MR) is 98.6 cm³/mol. The molecule has 0 spiro atoms. The lowest BCUT2D eigenvalue weighted by Crippen LogP contribution is -2.56. The van der Waals surface area contributed by atoms with Crippen molar-refractivity contribution in [2.45, 2.75) is 39.3 Å². The average molecular weight is 413 g/mol. The number of carbonyl (C=O) groups is 2. The SMILES string of the molecule is C[C@@H]1CN(C(=O)OC(C)(C)C)CCN1C(=O)COc1cccc(Br)c1. The second-order valence-electron chi connectivity index (χ2n) is 7.11. The van der Waals surface area contributed by atoms with Gasteiger partial charge in [-0.05, 0) is 45.9 Å². The molecule has 1 aromatic rings. The first-order valence-electron chi connectivity index (χ1n) is 8.31. The molecule has 138 valence electrons. The van der Waals surface area contributed by atoms with Crippen molar-refractivity contribution >= 4 is 27.9 Å². The molecule has 1 atom stereocenters. The number of hydrogen-bond acceptors (Lipinski definition) is 4. The van der Waals surface area contributed by atoms with E-state index in [1.807, 2.05) is 52.0 Å². The van der Waals surface area contributed by atoms with E-state index >= 15 is 0 Å². The number of nitrogens with zero attached hydrogens (tertiary/aromatic N) is 2. The van der Waals surface area contributed by atoms with Crippen molar-refractivity contribution in [3.8, 4) is 5.75 Å². The summed E-state index contributed by atoms with van der Waals surface area (Å²) in [5.41, 5.74) is -0.523. The highest BCUT2D eigenvalue weighted by atomic mass is 79.9. The van der Waals surface area contributed by atoms with E-state index in [0.717, 1.165) is 4.47 Å². The van der Waals surface area contributed by atoms with Crippen molar-refractivity contribution < 1.29 is 19.1 Å². The van der Waals surface area contributed by atoms with Crippen LogP contribution in [0, 0.1) is 0 Å². The summed E-state index contributed by atoms with van der Waals surface area (Å²) in [4.78, 5) is 28.0. The predicted octanol–water partition coefficient (Wildman–Crippen LogP) is 3.30. The quantitative estimate of drug-likeness (QED) is 0.763. The van der Waals surface area contributed by atoms with Gasteiger partial charge >= 0.3 is 6.09 Å². The Balaban J connectivity index is 1.86. The molecule has 6 nitrogen and oxygen atoms in total. The van der Waals surface area contributed by atoms with Gasteiger partial charge in [-0.1, -0.05) is 22.0 Å². The molecule has 0 unspecified atom stereocenters. The van der Waals surface area contributed by atoms with Gasteiger partial charge in [0.2, 0.25) is 0 Å². The number of piperazine rings is 1. The van der Waals surface area contributed by atoms with Gasteiger partial charge < -0.3 is 19.3 Å². The van der Waals surface area contributed by atoms with E-state index in [1.165, 1.54) is 0 Å². The van der Waals surface area contributed by atoms with Gasteiger partial charge in [-0.15, -0.1) is 0 Å². The highest BCUT2D eigenvalue weighted by Gasteiger charge is 2.32. The van der Waals surface area contributed by atoms with Crippen LogP contribution in [0.4, 0.5) is 4.79 Å². The van der Waals surface area contributed by atoms with Crippen LogP contribution in [0.25, 0.3) is 0 Å². The Bertz CT molecular complexity index is 630. The maximum Gasteiger partial charge on any atom is 0.410 e. The minimum Gasteiger partial charge on any atom is -0.484 e. The van der Waals surface area contributed by atoms with Crippen LogP contribution in [0.3, 0.4) is 0 Å². The highest BCUT2D eigenvalue weighted by molar-refractivity contribution is 9.10. The van der Waals surface area contributed by atoms with Crippen LogP contribution in [-0.2, 0) is 9.53 Å². The van der Waals surface area contributed by atoms with E-state index in [9.17, 15) is 9.59 Å². The molecule has 1 aliphatic rings. The Labute approximate surface area is 157 Å². The molecule has 1 heterocycles. The summed E-state index contributed by atoms with van der Waals surface area (Å²) in [5, 5.41) is 0. The molecule has 2 rings (SSSR count). The lowest BCUT2D eigenvalue weighted by Gasteiger charge is -2.40. The lowest BCUT2D eigenvalue weighted by molar-refractivity contribution is -0.137. The van der Waals surface area contributed by atoms with Crippen LogP contribution in [0.1, 0.15) is 27.7 Å². The van der Waals surface area contributed by atoms with E-state index in [0.29, 0.717) is 25.4 Å². The minimum absolute atomic E-state index is 0.0206. The smallest absolute Gasteiger partial charge is 0.410 e. The van der Waals surface area contributed by atoms with Gasteiger partial charge in [0.15, 0.2) is 6.61 Å². The molecule has 0 N–H and O–H groups in total. The van der Waals surface area contributed by atoms with Gasteiger partial charge in [0, 0.05) is 30.1 Å². The number of hydrogen-bond donors (Lipinski definition) is 0. The third-order valence-electron chi connectivity index (χ3n) is 3.76. The fourth-order valence-electron chi connectivity index (χ4n) is 2.61.